The fourth-order valence-corrected chi connectivity index (χ4v) is 20.8. The molecule has 6 fully saturated rings. The normalized spacial score (nSPS) is 17.2. The van der Waals surface area contributed by atoms with E-state index in [0.29, 0.717) is 240 Å². The molecule has 0 spiro atoms. The van der Waals surface area contributed by atoms with Crippen LogP contribution in [0.15, 0.2) is 113 Å². The molecule has 0 unspecified atom stereocenters. The van der Waals surface area contributed by atoms with Gasteiger partial charge in [-0.15, -0.1) is 0 Å². The lowest BCUT2D eigenvalue weighted by Crippen LogP contribution is -2.39. The monoisotopic (exact) mass is 1820 g/mol. The number of aromatic nitrogens is 6. The molecule has 3 aromatic heterocycles. The zero-order valence-corrected chi connectivity index (χ0v) is 76.3. The van der Waals surface area contributed by atoms with Gasteiger partial charge >= 0.3 is 0 Å². The number of ether oxygens (including phenoxy) is 3. The smallest absolute Gasteiger partial charge is 0.263 e. The van der Waals surface area contributed by atoms with Crippen LogP contribution in [-0.4, -0.2) is 284 Å². The van der Waals surface area contributed by atoms with Gasteiger partial charge in [-0.25, -0.2) is 0 Å². The second-order valence-electron chi connectivity index (χ2n) is 36.4. The van der Waals surface area contributed by atoms with Gasteiger partial charge < -0.3 is 59.5 Å². The molecule has 0 bridgehead atoms. The maximum Gasteiger partial charge on any atom is 0.263 e. The van der Waals surface area contributed by atoms with Crippen LogP contribution in [0.25, 0.3) is 98.0 Å². The van der Waals surface area contributed by atoms with Gasteiger partial charge in [0.25, 0.3) is 50.0 Å². The minimum Gasteiger partial charge on any atom is -0.494 e. The summed E-state index contributed by atoms with van der Waals surface area (Å²) in [7, 11) is 0. The van der Waals surface area contributed by atoms with E-state index >= 15 is 0 Å². The zero-order chi connectivity index (χ0) is 91.9. The highest BCUT2D eigenvalue weighted by molar-refractivity contribution is 6.18. The maximum atomic E-state index is 14.3. The molecule has 6 N–H and O–H groups in total. The van der Waals surface area contributed by atoms with Gasteiger partial charge in [0.05, 0.1) is 88.6 Å². The summed E-state index contributed by atoms with van der Waals surface area (Å²) in [6.07, 6.45) is 17.5. The van der Waals surface area contributed by atoms with E-state index in [9.17, 15) is 58.5 Å². The molecule has 6 saturated heterocycles. The van der Waals surface area contributed by atoms with E-state index in [1.54, 1.807) is 54.6 Å². The second kappa shape index (κ2) is 44.8. The number of unbranched alkanes of at least 4 members (excludes halogenated alkanes) is 6. The number of aromatic hydroxyl groups is 3. The van der Waals surface area contributed by atoms with Gasteiger partial charge in [-0.1, -0.05) is 0 Å². The van der Waals surface area contributed by atoms with Crippen LogP contribution in [0.5, 0.6) is 17.6 Å². The van der Waals surface area contributed by atoms with Crippen LogP contribution in [0.2, 0.25) is 0 Å². The standard InChI is InChI=1S/C35H46N6O7.C35H46N6O4.C29H37N3O7/c42-32-25-4-5-26-30-29(25)27(34(44)40(32)10-2-8-38-14-20-47-21-15-38)24-28(36-6-1-7-37-12-18-46-19-13-37)31(30)35(45)41(33(26)43)11-3-9-39-16-22-48-23-17-39;42-32-25-10-11-26-30-29(25)27(34(44)40(32)22-8-20-38-15-3-4-16-38)24-28(36-12-7-19-37-13-1-2-14-37)31(30)35(45)41(33(26)43)23-9-21-39-17-5-6-18-39;33-15-7-1-4-12-30-22-18-21-23-19(26(36)31(28(21)38)13-5-2-8-16-34)10-11-20-24(23)25(22)29(39)32(27(20)37)14-6-3-9-17-35/h4-5,24,43H,1-3,6-23H2;10-11,24,43H,1-9,12-23H2;10-11,18,33-35,37H,1-9,12-17H2. The van der Waals surface area contributed by atoms with Crippen molar-refractivity contribution in [2.24, 2.45) is 15.0 Å². The Kier molecular flexibility index (Phi) is 32.3. The van der Waals surface area contributed by atoms with E-state index < -0.39 is 16.7 Å². The van der Waals surface area contributed by atoms with E-state index in [0.717, 1.165) is 163 Å². The highest BCUT2D eigenvalue weighted by Gasteiger charge is 2.33. The molecule has 0 amide bonds. The molecule has 33 heteroatoms. The first-order chi connectivity index (χ1) is 64.5. The van der Waals surface area contributed by atoms with Crippen LogP contribution in [0, 0.1) is 0 Å². The highest BCUT2D eigenvalue weighted by Crippen LogP contribution is 2.41. The summed E-state index contributed by atoms with van der Waals surface area (Å²) in [6.45, 7) is 24.4. The Bertz CT molecular complexity index is 6620. The van der Waals surface area contributed by atoms with Crippen LogP contribution >= 0.6 is 0 Å². The van der Waals surface area contributed by atoms with Crippen molar-refractivity contribution >= 4 is 64.6 Å². The number of hydrogen-bond donors (Lipinski definition) is 6. The number of aliphatic hydroxyl groups excluding tert-OH is 3. The fourth-order valence-electron chi connectivity index (χ4n) is 20.8. The summed E-state index contributed by atoms with van der Waals surface area (Å²) in [5, 5.41) is 67.4. The average Bonchev–Trinajstić information content (AvgIpc) is 0.799. The number of rotatable bonds is 39. The number of aliphatic hydroxyl groups is 3. The molecular weight excluding hydrogens is 1690 g/mol. The first kappa shape index (κ1) is 95.0. The third kappa shape index (κ3) is 20.6. The molecule has 6 aromatic rings. The molecule has 3 aliphatic carbocycles. The third-order valence-electron chi connectivity index (χ3n) is 27.8. The Morgan fingerprint density at radius 2 is 0.485 bits per heavy atom. The molecule has 3 aromatic carbocycles. The minimum absolute atomic E-state index is 0.0469. The van der Waals surface area contributed by atoms with Crippen LogP contribution in [-0.2, 0) is 53.5 Å². The molecule has 0 atom stereocenters. The van der Waals surface area contributed by atoms with Crippen LogP contribution in [0.4, 0.5) is 0 Å². The molecule has 12 heterocycles. The Labute approximate surface area is 763 Å². The van der Waals surface area contributed by atoms with Crippen molar-refractivity contribution in [3.63, 3.8) is 0 Å². The van der Waals surface area contributed by atoms with Crippen molar-refractivity contribution in [1.82, 2.24) is 56.8 Å². The first-order valence-electron chi connectivity index (χ1n) is 48.5. The molecule has 0 saturated carbocycles. The lowest BCUT2D eigenvalue weighted by molar-refractivity contribution is 0.0368. The summed E-state index contributed by atoms with van der Waals surface area (Å²) < 4.78 is 24.5. The molecule has 18 rings (SSSR count). The molecule has 132 heavy (non-hydrogen) atoms. The van der Waals surface area contributed by atoms with Gasteiger partial charge in [-0.05, 0) is 248 Å². The van der Waals surface area contributed by atoms with Crippen LogP contribution in [0.3, 0.4) is 0 Å². The fraction of sp³-hybridized carbons (Fsp3) is 0.576. The van der Waals surface area contributed by atoms with Gasteiger partial charge in [0.1, 0.15) is 0 Å². The maximum absolute atomic E-state index is 14.3. The number of hydrogen-bond acceptors (Lipinski definition) is 27. The summed E-state index contributed by atoms with van der Waals surface area (Å²) in [6, 6.07) is 15.1. The number of morpholine rings is 3. The first-order valence-corrected chi connectivity index (χ1v) is 48.5. The van der Waals surface area contributed by atoms with Crippen molar-refractivity contribution in [3.05, 3.63) is 164 Å². The largest absolute Gasteiger partial charge is 0.494 e. The van der Waals surface area contributed by atoms with E-state index in [1.807, 2.05) is 0 Å². The number of nitrogens with zero attached hydrogens (tertiary/aromatic N) is 15. The Morgan fingerprint density at radius 1 is 0.242 bits per heavy atom. The summed E-state index contributed by atoms with van der Waals surface area (Å²) in [5.41, 5.74) is -1.15. The quantitative estimate of drug-likeness (QED) is 0.0220. The summed E-state index contributed by atoms with van der Waals surface area (Å²) in [4.78, 5) is 154. The second-order valence-corrected chi connectivity index (χ2v) is 36.4. The number of benzene rings is 6. The van der Waals surface area contributed by atoms with Gasteiger partial charge in [-0.3, -0.25) is 100 Å². The zero-order valence-electron chi connectivity index (χ0n) is 76.3. The number of likely N-dealkylation sites (tertiary alicyclic amines) is 3. The summed E-state index contributed by atoms with van der Waals surface area (Å²) >= 11 is 0. The van der Waals surface area contributed by atoms with E-state index in [4.69, 9.17) is 39.5 Å². The Morgan fingerprint density at radius 3 is 0.780 bits per heavy atom. The molecule has 9 aliphatic heterocycles. The SMILES string of the molecule is O=c1c2c(=NCCCCCO)cc3c(=O)n(CCCCCO)c(=O)c4ccc(c(O)n1CCCCCO)c2c4-3.O=c1c2c(=NCCCN3CCCC3)cc3c(=O)n(CCCN4CCCC4)c(=O)c4ccc(c(O)n1CCCN1CCCC1)c2c4-3.O=c1c2c(=NCCCN3CCOCC3)cc3c(=O)n(CCCN4CCOCC4)c(=O)c4ccc(c(O)n1CCCN1CCOCC1)c2c4-3. The van der Waals surface area contributed by atoms with Gasteiger partial charge in [0.15, 0.2) is 0 Å². The molecule has 12 aliphatic rings. The van der Waals surface area contributed by atoms with E-state index in [1.165, 1.54) is 65.9 Å². The van der Waals surface area contributed by atoms with E-state index in [-0.39, 0.29) is 94.9 Å². The average molecular weight is 1820 g/mol. The van der Waals surface area contributed by atoms with Crippen molar-refractivity contribution < 1.29 is 44.8 Å². The predicted molar refractivity (Wildman–Crippen MR) is 511 cm³/mol. The lowest BCUT2D eigenvalue weighted by Gasteiger charge is -2.27. The summed E-state index contributed by atoms with van der Waals surface area (Å²) in [5.74, 6) is -0.477. The minimum atomic E-state index is -0.463. The van der Waals surface area contributed by atoms with Crippen molar-refractivity contribution in [1.29, 1.82) is 0 Å². The molecular formula is C99H129N15O18. The molecule has 33 nitrogen and oxygen atoms in total. The topological polar surface area (TPSA) is 389 Å². The third-order valence-corrected chi connectivity index (χ3v) is 27.8. The Balaban J connectivity index is 0.000000145. The van der Waals surface area contributed by atoms with Gasteiger partial charge in [0.2, 0.25) is 17.6 Å². The van der Waals surface area contributed by atoms with Crippen LogP contribution in [0.1, 0.15) is 135 Å². The van der Waals surface area contributed by atoms with Gasteiger partial charge in [0, 0.05) is 203 Å². The molecule has 0 radical (unpaired) electrons. The van der Waals surface area contributed by atoms with E-state index in [2.05, 4.69) is 34.4 Å². The number of pyridine rings is 6. The van der Waals surface area contributed by atoms with Crippen molar-refractivity contribution in [2.75, 3.05) is 197 Å². The molecule has 708 valence electrons. The van der Waals surface area contributed by atoms with Crippen LogP contribution < -0.4 is 66.1 Å². The van der Waals surface area contributed by atoms with Crippen molar-refractivity contribution in [3.8, 4) is 51.0 Å². The van der Waals surface area contributed by atoms with Crippen molar-refractivity contribution in [2.45, 2.75) is 174 Å². The lowest BCUT2D eigenvalue weighted by atomic mass is 9.90. The van der Waals surface area contributed by atoms with Gasteiger partial charge in [-0.2, -0.15) is 0 Å². The predicted octanol–water partition coefficient (Wildman–Crippen LogP) is 4.90. The Hall–Kier alpha value is -10.1. The highest BCUT2D eigenvalue weighted by atomic mass is 16.5.